The third-order valence-corrected chi connectivity index (χ3v) is 4.08. The van der Waals surface area contributed by atoms with Gasteiger partial charge in [-0.05, 0) is 49.2 Å². The van der Waals surface area contributed by atoms with Crippen LogP contribution < -0.4 is 10.1 Å². The number of aryl methyl sites for hydroxylation is 2. The Bertz CT molecular complexity index is 771. The summed E-state index contributed by atoms with van der Waals surface area (Å²) in [5.41, 5.74) is 3.33. The minimum absolute atomic E-state index is 0.0497. The van der Waals surface area contributed by atoms with Gasteiger partial charge in [0.2, 0.25) is 5.91 Å². The van der Waals surface area contributed by atoms with E-state index in [4.69, 9.17) is 16.3 Å². The number of hydrogen-bond acceptors (Lipinski definition) is 3. The van der Waals surface area contributed by atoms with Crippen LogP contribution in [0.4, 0.5) is 5.69 Å². The number of rotatable bonds is 6. The third-order valence-electron chi connectivity index (χ3n) is 3.84. The van der Waals surface area contributed by atoms with Crippen molar-refractivity contribution in [3.63, 3.8) is 0 Å². The molecule has 2 aromatic carbocycles. The fraction of sp³-hybridized carbons (Fsp3) is 0.263. The molecule has 0 saturated heterocycles. The minimum atomic E-state index is -0.257. The molecule has 0 atom stereocenters. The van der Waals surface area contributed by atoms with Gasteiger partial charge >= 0.3 is 0 Å². The second kappa shape index (κ2) is 7.97. The van der Waals surface area contributed by atoms with E-state index in [0.29, 0.717) is 22.0 Å². The monoisotopic (exact) mass is 345 g/mol. The van der Waals surface area contributed by atoms with Crippen LogP contribution in [0.5, 0.6) is 5.75 Å². The van der Waals surface area contributed by atoms with E-state index < -0.39 is 0 Å². The molecule has 0 aromatic heterocycles. The number of halogens is 1. The molecule has 5 heteroatoms. The summed E-state index contributed by atoms with van der Waals surface area (Å²) in [6, 6.07) is 10.5. The smallest absolute Gasteiger partial charge is 0.224 e. The van der Waals surface area contributed by atoms with Crippen LogP contribution in [0.1, 0.15) is 34.3 Å². The SMILES string of the molecule is COc1ccc(Cl)cc1NC(=O)CCC(=O)c1ccc(C)c(C)c1. The summed E-state index contributed by atoms with van der Waals surface area (Å²) in [6.45, 7) is 3.96. The number of benzene rings is 2. The van der Waals surface area contributed by atoms with E-state index in [1.807, 2.05) is 26.0 Å². The van der Waals surface area contributed by atoms with Crippen LogP contribution in [0.15, 0.2) is 36.4 Å². The van der Waals surface area contributed by atoms with E-state index >= 15 is 0 Å². The molecule has 24 heavy (non-hydrogen) atoms. The van der Waals surface area contributed by atoms with Crippen molar-refractivity contribution in [1.29, 1.82) is 0 Å². The van der Waals surface area contributed by atoms with Crippen LogP contribution in [0.3, 0.4) is 0 Å². The number of hydrogen-bond donors (Lipinski definition) is 1. The molecule has 0 fully saturated rings. The highest BCUT2D eigenvalue weighted by Gasteiger charge is 2.12. The Morgan fingerprint density at radius 3 is 2.46 bits per heavy atom. The van der Waals surface area contributed by atoms with Crippen molar-refractivity contribution in [2.45, 2.75) is 26.7 Å². The molecule has 0 unspecified atom stereocenters. The van der Waals surface area contributed by atoms with Gasteiger partial charge in [-0.15, -0.1) is 0 Å². The first kappa shape index (κ1) is 18.0. The van der Waals surface area contributed by atoms with E-state index in [-0.39, 0.29) is 24.5 Å². The molecule has 0 heterocycles. The van der Waals surface area contributed by atoms with Crippen LogP contribution in [-0.2, 0) is 4.79 Å². The first-order valence-electron chi connectivity index (χ1n) is 7.64. The number of carbonyl (C=O) groups excluding carboxylic acids is 2. The van der Waals surface area contributed by atoms with E-state index in [2.05, 4.69) is 5.32 Å². The fourth-order valence-corrected chi connectivity index (χ4v) is 2.45. The fourth-order valence-electron chi connectivity index (χ4n) is 2.28. The Hall–Kier alpha value is -2.33. The first-order valence-corrected chi connectivity index (χ1v) is 8.02. The predicted octanol–water partition coefficient (Wildman–Crippen LogP) is 4.57. The van der Waals surface area contributed by atoms with E-state index in [0.717, 1.165) is 11.1 Å². The Labute approximate surface area is 146 Å². The average Bonchev–Trinajstić information content (AvgIpc) is 2.55. The molecule has 1 amide bonds. The number of Topliss-reactive ketones (excluding diaryl/α,β-unsaturated/α-hetero) is 1. The molecule has 0 aliphatic heterocycles. The van der Waals surface area contributed by atoms with Crippen molar-refractivity contribution in [2.75, 3.05) is 12.4 Å². The van der Waals surface area contributed by atoms with Gasteiger partial charge in [-0.1, -0.05) is 23.7 Å². The van der Waals surface area contributed by atoms with Gasteiger partial charge < -0.3 is 10.1 Å². The number of ketones is 1. The maximum atomic E-state index is 12.2. The van der Waals surface area contributed by atoms with Gasteiger partial charge in [0.15, 0.2) is 5.78 Å². The summed E-state index contributed by atoms with van der Waals surface area (Å²) in [6.07, 6.45) is 0.249. The molecule has 0 bridgehead atoms. The Morgan fingerprint density at radius 2 is 1.79 bits per heavy atom. The highest BCUT2D eigenvalue weighted by molar-refractivity contribution is 6.31. The quantitative estimate of drug-likeness (QED) is 0.780. The van der Waals surface area contributed by atoms with Crippen molar-refractivity contribution in [3.05, 3.63) is 58.1 Å². The molecule has 0 aliphatic carbocycles. The molecule has 0 radical (unpaired) electrons. The van der Waals surface area contributed by atoms with E-state index in [1.165, 1.54) is 7.11 Å². The molecular weight excluding hydrogens is 326 g/mol. The summed E-state index contributed by atoms with van der Waals surface area (Å²) < 4.78 is 5.18. The van der Waals surface area contributed by atoms with Crippen LogP contribution in [0.25, 0.3) is 0 Å². The van der Waals surface area contributed by atoms with Gasteiger partial charge in [-0.25, -0.2) is 0 Å². The standard InChI is InChI=1S/C19H20ClNO3/c1-12-4-5-14(10-13(12)2)17(22)7-9-19(23)21-16-11-15(20)6-8-18(16)24-3/h4-6,8,10-11H,7,9H2,1-3H3,(H,21,23). The highest BCUT2D eigenvalue weighted by Crippen LogP contribution is 2.27. The highest BCUT2D eigenvalue weighted by atomic mass is 35.5. The van der Waals surface area contributed by atoms with Gasteiger partial charge in [0, 0.05) is 23.4 Å². The lowest BCUT2D eigenvalue weighted by molar-refractivity contribution is -0.116. The summed E-state index contributed by atoms with van der Waals surface area (Å²) in [4.78, 5) is 24.3. The number of carbonyl (C=O) groups is 2. The predicted molar refractivity (Wildman–Crippen MR) is 96.1 cm³/mol. The molecule has 4 nitrogen and oxygen atoms in total. The lowest BCUT2D eigenvalue weighted by Crippen LogP contribution is -2.14. The molecular formula is C19H20ClNO3. The topological polar surface area (TPSA) is 55.4 Å². The second-order valence-electron chi connectivity index (χ2n) is 5.61. The maximum Gasteiger partial charge on any atom is 0.224 e. The minimum Gasteiger partial charge on any atom is -0.495 e. The number of nitrogens with one attached hydrogen (secondary N) is 1. The number of ether oxygens (including phenoxy) is 1. The van der Waals surface area contributed by atoms with E-state index in [1.54, 1.807) is 24.3 Å². The van der Waals surface area contributed by atoms with Crippen molar-refractivity contribution >= 4 is 29.0 Å². The summed E-state index contributed by atoms with van der Waals surface area (Å²) in [5.74, 6) is 0.215. The lowest BCUT2D eigenvalue weighted by Gasteiger charge is -2.10. The first-order chi connectivity index (χ1) is 11.4. The van der Waals surface area contributed by atoms with Gasteiger partial charge in [-0.2, -0.15) is 0 Å². The number of methoxy groups -OCH3 is 1. The van der Waals surface area contributed by atoms with Gasteiger partial charge in [0.05, 0.1) is 12.8 Å². The Morgan fingerprint density at radius 1 is 1.04 bits per heavy atom. The van der Waals surface area contributed by atoms with Gasteiger partial charge in [0.25, 0.3) is 0 Å². The van der Waals surface area contributed by atoms with Crippen LogP contribution in [-0.4, -0.2) is 18.8 Å². The molecule has 0 saturated carbocycles. The Kier molecular flexibility index (Phi) is 5.99. The molecule has 2 rings (SSSR count). The molecule has 126 valence electrons. The van der Waals surface area contributed by atoms with E-state index in [9.17, 15) is 9.59 Å². The zero-order chi connectivity index (χ0) is 17.7. The van der Waals surface area contributed by atoms with Crippen molar-refractivity contribution in [1.82, 2.24) is 0 Å². The zero-order valence-electron chi connectivity index (χ0n) is 14.0. The van der Waals surface area contributed by atoms with Crippen molar-refractivity contribution < 1.29 is 14.3 Å². The largest absolute Gasteiger partial charge is 0.495 e. The third kappa shape index (κ3) is 4.59. The average molecular weight is 346 g/mol. The number of amides is 1. The summed E-state index contributed by atoms with van der Waals surface area (Å²) in [7, 11) is 1.52. The molecule has 2 aromatic rings. The van der Waals surface area contributed by atoms with Gasteiger partial charge in [-0.3, -0.25) is 9.59 Å². The zero-order valence-corrected chi connectivity index (χ0v) is 14.7. The van der Waals surface area contributed by atoms with Crippen LogP contribution in [0, 0.1) is 13.8 Å². The summed E-state index contributed by atoms with van der Waals surface area (Å²) in [5, 5.41) is 3.23. The maximum absolute atomic E-state index is 12.2. The molecule has 0 aliphatic rings. The van der Waals surface area contributed by atoms with Gasteiger partial charge in [0.1, 0.15) is 5.75 Å². The molecule has 0 spiro atoms. The lowest BCUT2D eigenvalue weighted by atomic mass is 10.0. The molecule has 1 N–H and O–H groups in total. The summed E-state index contributed by atoms with van der Waals surface area (Å²) >= 11 is 5.93. The second-order valence-corrected chi connectivity index (χ2v) is 6.05. The Balaban J connectivity index is 1.97. The normalized spacial score (nSPS) is 10.3. The van der Waals surface area contributed by atoms with Crippen LogP contribution >= 0.6 is 11.6 Å². The van der Waals surface area contributed by atoms with Crippen LogP contribution in [0.2, 0.25) is 5.02 Å². The number of anilines is 1. The van der Waals surface area contributed by atoms with Crippen molar-refractivity contribution in [3.8, 4) is 5.75 Å². The van der Waals surface area contributed by atoms with Crippen molar-refractivity contribution in [2.24, 2.45) is 0 Å².